The Morgan fingerprint density at radius 1 is 1.43 bits per heavy atom. The van der Waals surface area contributed by atoms with E-state index in [9.17, 15) is 4.79 Å². The molecule has 124 valence electrons. The first-order valence-electron chi connectivity index (χ1n) is 7.90. The summed E-state index contributed by atoms with van der Waals surface area (Å²) in [7, 11) is 1.67. The Bertz CT molecular complexity index is 567. The highest BCUT2D eigenvalue weighted by molar-refractivity contribution is 5.74. The molecule has 1 fully saturated rings. The van der Waals surface area contributed by atoms with Crippen molar-refractivity contribution in [1.29, 1.82) is 5.26 Å². The number of rotatable bonds is 5. The van der Waals surface area contributed by atoms with E-state index in [4.69, 9.17) is 10.00 Å². The number of methoxy groups -OCH3 is 1. The molecule has 0 radical (unpaired) electrons. The average Bonchev–Trinajstić information content (AvgIpc) is 2.97. The number of ether oxygens (including phenoxy) is 1. The van der Waals surface area contributed by atoms with Crippen LogP contribution in [0.25, 0.3) is 0 Å². The zero-order valence-corrected chi connectivity index (χ0v) is 13.9. The third-order valence-electron chi connectivity index (χ3n) is 4.32. The molecule has 6 nitrogen and oxygen atoms in total. The van der Waals surface area contributed by atoms with Crippen LogP contribution in [-0.4, -0.2) is 49.8 Å². The third-order valence-corrected chi connectivity index (χ3v) is 4.32. The van der Waals surface area contributed by atoms with Gasteiger partial charge in [-0.2, -0.15) is 5.26 Å². The van der Waals surface area contributed by atoms with Gasteiger partial charge in [0.15, 0.2) is 0 Å². The van der Waals surface area contributed by atoms with Crippen molar-refractivity contribution in [2.75, 3.05) is 26.7 Å². The van der Waals surface area contributed by atoms with Crippen LogP contribution >= 0.6 is 0 Å². The minimum Gasteiger partial charge on any atom is -0.378 e. The van der Waals surface area contributed by atoms with Gasteiger partial charge in [-0.3, -0.25) is 4.90 Å². The van der Waals surface area contributed by atoms with Crippen molar-refractivity contribution in [3.63, 3.8) is 0 Å². The molecule has 0 aromatic heterocycles. The Morgan fingerprint density at radius 3 is 2.70 bits per heavy atom. The van der Waals surface area contributed by atoms with Crippen molar-refractivity contribution in [2.24, 2.45) is 0 Å². The molecule has 2 rings (SSSR count). The largest absolute Gasteiger partial charge is 0.378 e. The highest BCUT2D eigenvalue weighted by Gasteiger charge is 2.36. The standard InChI is InChI=1S/C17H24N4O2/c1-4-19-17(22)20-15-10-21(11-16(15)23-3)12(2)14-7-5-13(9-18)6-8-14/h5-8,12,15-16H,4,10-11H2,1-3H3,(H2,19,20,22)/t12-,15-,16-/m0/s1. The molecule has 0 unspecified atom stereocenters. The summed E-state index contributed by atoms with van der Waals surface area (Å²) in [6, 6.07) is 9.76. The lowest BCUT2D eigenvalue weighted by Gasteiger charge is -2.24. The predicted octanol–water partition coefficient (Wildman–Crippen LogP) is 1.64. The van der Waals surface area contributed by atoms with E-state index in [0.717, 1.165) is 18.7 Å². The van der Waals surface area contributed by atoms with Crippen LogP contribution in [0.2, 0.25) is 0 Å². The zero-order chi connectivity index (χ0) is 16.8. The number of nitrogens with zero attached hydrogens (tertiary/aromatic N) is 2. The van der Waals surface area contributed by atoms with Crippen molar-refractivity contribution in [2.45, 2.75) is 32.0 Å². The molecule has 3 atom stereocenters. The third kappa shape index (κ3) is 4.21. The molecular formula is C17H24N4O2. The molecule has 1 saturated heterocycles. The summed E-state index contributed by atoms with van der Waals surface area (Å²) in [6.07, 6.45) is -0.0292. The van der Waals surface area contributed by atoms with E-state index in [-0.39, 0.29) is 24.2 Å². The van der Waals surface area contributed by atoms with E-state index in [0.29, 0.717) is 12.1 Å². The fourth-order valence-corrected chi connectivity index (χ4v) is 2.92. The van der Waals surface area contributed by atoms with Crippen LogP contribution in [0.5, 0.6) is 0 Å². The molecule has 1 aliphatic heterocycles. The lowest BCUT2D eigenvalue weighted by atomic mass is 10.1. The van der Waals surface area contributed by atoms with Gasteiger partial charge in [0.1, 0.15) is 0 Å². The molecule has 0 bridgehead atoms. The molecule has 2 amide bonds. The Balaban J connectivity index is 2.02. The summed E-state index contributed by atoms with van der Waals surface area (Å²) in [5.74, 6) is 0. The van der Waals surface area contributed by atoms with Crippen molar-refractivity contribution < 1.29 is 9.53 Å². The van der Waals surface area contributed by atoms with E-state index in [1.165, 1.54) is 0 Å². The van der Waals surface area contributed by atoms with Crippen molar-refractivity contribution in [1.82, 2.24) is 15.5 Å². The van der Waals surface area contributed by atoms with Gasteiger partial charge in [-0.05, 0) is 31.5 Å². The Morgan fingerprint density at radius 2 is 2.13 bits per heavy atom. The minimum atomic E-state index is -0.160. The number of nitrogens with one attached hydrogen (secondary N) is 2. The maximum atomic E-state index is 11.8. The van der Waals surface area contributed by atoms with E-state index < -0.39 is 0 Å². The molecule has 6 heteroatoms. The topological polar surface area (TPSA) is 77.4 Å². The summed E-state index contributed by atoms with van der Waals surface area (Å²) in [5, 5.41) is 14.6. The highest BCUT2D eigenvalue weighted by Crippen LogP contribution is 2.26. The van der Waals surface area contributed by atoms with Gasteiger partial charge in [0, 0.05) is 32.8 Å². The molecule has 1 heterocycles. The number of nitriles is 1. The zero-order valence-electron chi connectivity index (χ0n) is 13.9. The number of hydrogen-bond acceptors (Lipinski definition) is 4. The summed E-state index contributed by atoms with van der Waals surface area (Å²) in [6.45, 7) is 6.11. The lowest BCUT2D eigenvalue weighted by molar-refractivity contribution is 0.0882. The normalized spacial score (nSPS) is 22.3. The van der Waals surface area contributed by atoms with Crippen LogP contribution < -0.4 is 10.6 Å². The number of hydrogen-bond donors (Lipinski definition) is 2. The van der Waals surface area contributed by atoms with E-state index in [1.807, 2.05) is 31.2 Å². The van der Waals surface area contributed by atoms with Gasteiger partial charge in [-0.15, -0.1) is 0 Å². The van der Waals surface area contributed by atoms with Gasteiger partial charge in [-0.1, -0.05) is 12.1 Å². The van der Waals surface area contributed by atoms with Crippen molar-refractivity contribution in [3.8, 4) is 6.07 Å². The van der Waals surface area contributed by atoms with Gasteiger partial charge < -0.3 is 15.4 Å². The second-order valence-corrected chi connectivity index (χ2v) is 5.75. The van der Waals surface area contributed by atoms with Gasteiger partial charge in [0.25, 0.3) is 0 Å². The van der Waals surface area contributed by atoms with E-state index in [2.05, 4.69) is 28.5 Å². The molecule has 1 aromatic rings. The van der Waals surface area contributed by atoms with Crippen LogP contribution in [0.3, 0.4) is 0 Å². The summed E-state index contributed by atoms with van der Waals surface area (Å²) < 4.78 is 5.53. The van der Waals surface area contributed by atoms with Gasteiger partial charge >= 0.3 is 6.03 Å². The molecule has 2 N–H and O–H groups in total. The van der Waals surface area contributed by atoms with Crippen LogP contribution in [0.15, 0.2) is 24.3 Å². The minimum absolute atomic E-state index is 0.0292. The van der Waals surface area contributed by atoms with Crippen molar-refractivity contribution >= 4 is 6.03 Å². The number of urea groups is 1. The molecular weight excluding hydrogens is 292 g/mol. The maximum Gasteiger partial charge on any atom is 0.315 e. The second-order valence-electron chi connectivity index (χ2n) is 5.75. The summed E-state index contributed by atoms with van der Waals surface area (Å²) >= 11 is 0. The molecule has 0 saturated carbocycles. The Hall–Kier alpha value is -2.10. The molecule has 0 aliphatic carbocycles. The number of carbonyl (C=O) groups excluding carboxylic acids is 1. The number of amides is 2. The summed E-state index contributed by atoms with van der Waals surface area (Å²) in [4.78, 5) is 14.0. The van der Waals surface area contributed by atoms with E-state index in [1.54, 1.807) is 7.11 Å². The average molecular weight is 316 g/mol. The number of likely N-dealkylation sites (tertiary alicyclic amines) is 1. The van der Waals surface area contributed by atoms with Gasteiger partial charge in [0.2, 0.25) is 0 Å². The molecule has 23 heavy (non-hydrogen) atoms. The predicted molar refractivity (Wildman–Crippen MR) is 87.9 cm³/mol. The smallest absolute Gasteiger partial charge is 0.315 e. The Labute approximate surface area is 137 Å². The van der Waals surface area contributed by atoms with Crippen LogP contribution in [0.1, 0.15) is 31.0 Å². The van der Waals surface area contributed by atoms with Crippen molar-refractivity contribution in [3.05, 3.63) is 35.4 Å². The lowest BCUT2D eigenvalue weighted by Crippen LogP contribution is -2.48. The first-order chi connectivity index (χ1) is 11.1. The Kier molecular flexibility index (Phi) is 5.97. The fraction of sp³-hybridized carbons (Fsp3) is 0.529. The molecule has 1 aliphatic rings. The number of benzene rings is 1. The summed E-state index contributed by atoms with van der Waals surface area (Å²) in [5.41, 5.74) is 1.81. The second kappa shape index (κ2) is 7.95. The van der Waals surface area contributed by atoms with Gasteiger partial charge in [-0.25, -0.2) is 4.79 Å². The quantitative estimate of drug-likeness (QED) is 0.866. The van der Waals surface area contributed by atoms with Gasteiger partial charge in [0.05, 0.1) is 23.8 Å². The maximum absolute atomic E-state index is 11.8. The highest BCUT2D eigenvalue weighted by atomic mass is 16.5. The van der Waals surface area contributed by atoms with Crippen LogP contribution in [0.4, 0.5) is 4.79 Å². The number of carbonyl (C=O) groups is 1. The van der Waals surface area contributed by atoms with E-state index >= 15 is 0 Å². The fourth-order valence-electron chi connectivity index (χ4n) is 2.92. The van der Waals surface area contributed by atoms with Crippen LogP contribution in [0, 0.1) is 11.3 Å². The first kappa shape index (κ1) is 17.3. The first-order valence-corrected chi connectivity index (χ1v) is 7.90. The monoisotopic (exact) mass is 316 g/mol. The molecule has 1 aromatic carbocycles. The SMILES string of the molecule is CCNC(=O)N[C@H]1CN([C@@H](C)c2ccc(C#N)cc2)C[C@@H]1OC. The van der Waals surface area contributed by atoms with Crippen LogP contribution in [-0.2, 0) is 4.74 Å². The molecule has 0 spiro atoms.